The van der Waals surface area contributed by atoms with Gasteiger partial charge in [0.1, 0.15) is 0 Å². The van der Waals surface area contributed by atoms with Gasteiger partial charge in [-0.1, -0.05) is 54.6 Å². The van der Waals surface area contributed by atoms with Crippen LogP contribution in [-0.4, -0.2) is 27.9 Å². The number of benzene rings is 1. The summed E-state index contributed by atoms with van der Waals surface area (Å²) >= 11 is 8.94. The van der Waals surface area contributed by atoms with E-state index in [2.05, 4.69) is 34.7 Å². The van der Waals surface area contributed by atoms with Crippen molar-refractivity contribution in [3.05, 3.63) is 28.8 Å². The van der Waals surface area contributed by atoms with E-state index >= 15 is 0 Å². The van der Waals surface area contributed by atoms with E-state index in [1.807, 2.05) is 26.0 Å². The fraction of sp³-hybridized carbons (Fsp3) is 0.438. The Bertz CT molecular complexity index is 705. The van der Waals surface area contributed by atoms with Crippen LogP contribution in [0.1, 0.15) is 26.3 Å². The molecule has 1 atom stereocenters. The molecule has 0 radical (unpaired) electrons. The maximum Gasteiger partial charge on any atom is 0.237 e. The minimum Gasteiger partial charge on any atom is -0.360 e. The van der Waals surface area contributed by atoms with Gasteiger partial charge < -0.3 is 10.6 Å². The molecule has 1 aromatic carbocycles. The van der Waals surface area contributed by atoms with Crippen molar-refractivity contribution in [2.45, 2.75) is 37.3 Å². The van der Waals surface area contributed by atoms with Gasteiger partial charge in [0.15, 0.2) is 4.34 Å². The zero-order valence-corrected chi connectivity index (χ0v) is 16.5. The number of anilines is 2. The van der Waals surface area contributed by atoms with Crippen LogP contribution >= 0.6 is 34.7 Å². The summed E-state index contributed by atoms with van der Waals surface area (Å²) in [5.74, 6) is 0.452. The van der Waals surface area contributed by atoms with Crippen LogP contribution in [0.5, 0.6) is 0 Å². The highest BCUT2D eigenvalue weighted by atomic mass is 35.5. The Morgan fingerprint density at radius 1 is 1.33 bits per heavy atom. The average Bonchev–Trinajstić information content (AvgIpc) is 2.97. The van der Waals surface area contributed by atoms with Crippen LogP contribution in [0.2, 0.25) is 5.02 Å². The number of rotatable bonds is 7. The summed E-state index contributed by atoms with van der Waals surface area (Å²) in [5.41, 5.74) is 1.59. The lowest BCUT2D eigenvalue weighted by molar-refractivity contribution is -0.115. The molecule has 0 aliphatic rings. The van der Waals surface area contributed by atoms with Crippen molar-refractivity contribution in [1.82, 2.24) is 10.2 Å². The van der Waals surface area contributed by atoms with E-state index in [1.165, 1.54) is 23.1 Å². The molecule has 1 heterocycles. The van der Waals surface area contributed by atoms with Crippen molar-refractivity contribution in [3.63, 3.8) is 0 Å². The highest BCUT2D eigenvalue weighted by molar-refractivity contribution is 8.02. The Kier molecular flexibility index (Phi) is 6.89. The minimum absolute atomic E-state index is 0.0859. The summed E-state index contributed by atoms with van der Waals surface area (Å²) < 4.78 is 0.770. The maximum absolute atomic E-state index is 12.4. The molecule has 5 nitrogen and oxygen atoms in total. The molecule has 24 heavy (non-hydrogen) atoms. The lowest BCUT2D eigenvalue weighted by Crippen LogP contribution is -2.22. The zero-order valence-electron chi connectivity index (χ0n) is 14.1. The predicted octanol–water partition coefficient (Wildman–Crippen LogP) is 4.69. The summed E-state index contributed by atoms with van der Waals surface area (Å²) in [6, 6.07) is 5.47. The SMILES string of the molecule is Cc1c(Cl)cccc1NC(=O)C(C)Sc1nnc(NCC(C)C)s1. The van der Waals surface area contributed by atoms with E-state index < -0.39 is 0 Å². The molecule has 130 valence electrons. The number of nitrogens with one attached hydrogen (secondary N) is 2. The minimum atomic E-state index is -0.283. The molecule has 2 rings (SSSR count). The largest absolute Gasteiger partial charge is 0.360 e. The molecule has 0 saturated heterocycles. The first-order valence-corrected chi connectivity index (χ1v) is 9.74. The van der Waals surface area contributed by atoms with Crippen LogP contribution in [0.25, 0.3) is 0 Å². The summed E-state index contributed by atoms with van der Waals surface area (Å²) in [6.07, 6.45) is 0. The number of amides is 1. The van der Waals surface area contributed by atoms with E-state index in [-0.39, 0.29) is 11.2 Å². The number of hydrogen-bond acceptors (Lipinski definition) is 6. The highest BCUT2D eigenvalue weighted by Gasteiger charge is 2.18. The number of thioether (sulfide) groups is 1. The van der Waals surface area contributed by atoms with Crippen LogP contribution < -0.4 is 10.6 Å². The Hall–Kier alpha value is -1.31. The Morgan fingerprint density at radius 2 is 2.08 bits per heavy atom. The Balaban J connectivity index is 1.93. The van der Waals surface area contributed by atoms with Gasteiger partial charge in [0.05, 0.1) is 5.25 Å². The van der Waals surface area contributed by atoms with Crippen molar-refractivity contribution in [2.24, 2.45) is 5.92 Å². The second kappa shape index (κ2) is 8.69. The molecule has 2 N–H and O–H groups in total. The Morgan fingerprint density at radius 3 is 2.79 bits per heavy atom. The van der Waals surface area contributed by atoms with Gasteiger partial charge in [-0.05, 0) is 37.5 Å². The predicted molar refractivity (Wildman–Crippen MR) is 103 cm³/mol. The number of halogens is 1. The summed E-state index contributed by atoms with van der Waals surface area (Å²) in [7, 11) is 0. The first-order valence-electron chi connectivity index (χ1n) is 7.66. The molecule has 0 spiro atoms. The van der Waals surface area contributed by atoms with E-state index in [0.717, 1.165) is 27.3 Å². The molecule has 0 fully saturated rings. The highest BCUT2D eigenvalue weighted by Crippen LogP contribution is 2.30. The topological polar surface area (TPSA) is 66.9 Å². The van der Waals surface area contributed by atoms with E-state index in [1.54, 1.807) is 6.07 Å². The van der Waals surface area contributed by atoms with Gasteiger partial charge in [-0.2, -0.15) is 0 Å². The molecule has 2 aromatic rings. The van der Waals surface area contributed by atoms with Crippen molar-refractivity contribution in [3.8, 4) is 0 Å². The molecular formula is C16H21ClN4OS2. The molecular weight excluding hydrogens is 364 g/mol. The van der Waals surface area contributed by atoms with Crippen LogP contribution in [0.4, 0.5) is 10.8 Å². The average molecular weight is 385 g/mol. The number of nitrogens with zero attached hydrogens (tertiary/aromatic N) is 2. The number of carbonyl (C=O) groups excluding carboxylic acids is 1. The van der Waals surface area contributed by atoms with Crippen molar-refractivity contribution in [1.29, 1.82) is 0 Å². The van der Waals surface area contributed by atoms with Crippen molar-refractivity contribution >= 4 is 51.4 Å². The standard InChI is InChI=1S/C16H21ClN4OS2/c1-9(2)8-18-15-20-21-16(24-15)23-11(4)14(22)19-13-7-5-6-12(17)10(13)3/h5-7,9,11H,8H2,1-4H3,(H,18,20)(H,19,22). The van der Waals surface area contributed by atoms with Gasteiger partial charge in [-0.3, -0.25) is 4.79 Å². The number of hydrogen-bond donors (Lipinski definition) is 2. The molecule has 1 aromatic heterocycles. The van der Waals surface area contributed by atoms with Crippen LogP contribution in [0.3, 0.4) is 0 Å². The monoisotopic (exact) mass is 384 g/mol. The molecule has 0 aliphatic carbocycles. The van der Waals surface area contributed by atoms with Crippen LogP contribution in [0.15, 0.2) is 22.5 Å². The third kappa shape index (κ3) is 5.36. The first kappa shape index (κ1) is 19.0. The zero-order chi connectivity index (χ0) is 17.7. The van der Waals surface area contributed by atoms with Gasteiger partial charge in [0.25, 0.3) is 0 Å². The third-order valence-corrected chi connectivity index (χ3v) is 5.72. The Labute approximate surface area is 155 Å². The lowest BCUT2D eigenvalue weighted by Gasteiger charge is -2.12. The summed E-state index contributed by atoms with van der Waals surface area (Å²) in [6.45, 7) is 8.85. The normalized spacial score (nSPS) is 12.2. The molecule has 1 amide bonds. The van der Waals surface area contributed by atoms with Crippen LogP contribution in [-0.2, 0) is 4.79 Å². The van der Waals surface area contributed by atoms with E-state index in [4.69, 9.17) is 11.6 Å². The van der Waals surface area contributed by atoms with Crippen LogP contribution in [0, 0.1) is 12.8 Å². The number of aromatic nitrogens is 2. The quantitative estimate of drug-likeness (QED) is 0.678. The fourth-order valence-corrected chi connectivity index (χ4v) is 3.88. The summed E-state index contributed by atoms with van der Waals surface area (Å²) in [5, 5.41) is 15.5. The van der Waals surface area contributed by atoms with Crippen molar-refractivity contribution in [2.75, 3.05) is 17.2 Å². The van der Waals surface area contributed by atoms with Gasteiger partial charge in [-0.25, -0.2) is 0 Å². The maximum atomic E-state index is 12.4. The summed E-state index contributed by atoms with van der Waals surface area (Å²) in [4.78, 5) is 12.4. The van der Waals surface area contributed by atoms with Gasteiger partial charge in [-0.15, -0.1) is 10.2 Å². The molecule has 8 heteroatoms. The molecule has 0 aliphatic heterocycles. The number of carbonyl (C=O) groups is 1. The van der Waals surface area contributed by atoms with Gasteiger partial charge in [0, 0.05) is 17.3 Å². The van der Waals surface area contributed by atoms with Gasteiger partial charge >= 0.3 is 0 Å². The second-order valence-electron chi connectivity index (χ2n) is 5.81. The van der Waals surface area contributed by atoms with E-state index in [0.29, 0.717) is 10.9 Å². The van der Waals surface area contributed by atoms with Crippen molar-refractivity contribution < 1.29 is 4.79 Å². The van der Waals surface area contributed by atoms with Gasteiger partial charge in [0.2, 0.25) is 11.0 Å². The third-order valence-electron chi connectivity index (χ3n) is 3.24. The fourth-order valence-electron chi connectivity index (χ4n) is 1.80. The molecule has 0 bridgehead atoms. The second-order valence-corrected chi connectivity index (χ2v) is 8.78. The van der Waals surface area contributed by atoms with E-state index in [9.17, 15) is 4.79 Å². The molecule has 1 unspecified atom stereocenters. The smallest absolute Gasteiger partial charge is 0.237 e. The first-order chi connectivity index (χ1) is 11.4. The lowest BCUT2D eigenvalue weighted by atomic mass is 10.2. The molecule has 0 saturated carbocycles.